The van der Waals surface area contributed by atoms with E-state index in [1.165, 1.54) is 5.39 Å². The first kappa shape index (κ1) is 8.58. The molecule has 0 spiro atoms. The summed E-state index contributed by atoms with van der Waals surface area (Å²) in [6, 6.07) is 8.16. The number of fused-ring (bicyclic) bond motifs is 1. The second-order valence-corrected chi connectivity index (χ2v) is 4.91. The van der Waals surface area contributed by atoms with Crippen molar-refractivity contribution >= 4 is 19.1 Å². The van der Waals surface area contributed by atoms with Gasteiger partial charge in [-0.2, -0.15) is 0 Å². The molecule has 0 saturated carbocycles. The Hall–Kier alpha value is -1.01. The highest BCUT2D eigenvalue weighted by atomic mass is 31.1. The molecule has 0 bridgehead atoms. The van der Waals surface area contributed by atoms with Crippen LogP contribution < -0.4 is 4.52 Å². The van der Waals surface area contributed by atoms with Crippen molar-refractivity contribution in [2.75, 3.05) is 13.3 Å². The fourth-order valence-corrected chi connectivity index (χ4v) is 1.86. The number of hydrogen-bond acceptors (Lipinski definition) is 1. The number of benzene rings is 1. The predicted octanol–water partition coefficient (Wildman–Crippen LogP) is 3.20. The van der Waals surface area contributed by atoms with Crippen molar-refractivity contribution in [1.29, 1.82) is 0 Å². The molecular formula is C10H12NOP. The highest BCUT2D eigenvalue weighted by Crippen LogP contribution is 2.34. The summed E-state index contributed by atoms with van der Waals surface area (Å²) in [6.45, 7) is 4.19. The summed E-state index contributed by atoms with van der Waals surface area (Å²) in [5.41, 5.74) is 1.13. The molecule has 1 N–H and O–H groups in total. The van der Waals surface area contributed by atoms with Gasteiger partial charge in [0.1, 0.15) is 5.75 Å². The molecule has 0 aliphatic rings. The highest BCUT2D eigenvalue weighted by Gasteiger charge is 2.04. The lowest BCUT2D eigenvalue weighted by Crippen LogP contribution is -1.81. The normalized spacial score (nSPS) is 11.0. The average Bonchev–Trinajstić information content (AvgIpc) is 2.48. The van der Waals surface area contributed by atoms with Gasteiger partial charge in [-0.15, -0.1) is 0 Å². The molecule has 0 amide bonds. The monoisotopic (exact) mass is 193 g/mol. The number of hydrogen-bond donors (Lipinski definition) is 1. The van der Waals surface area contributed by atoms with Gasteiger partial charge in [0, 0.05) is 17.1 Å². The smallest absolute Gasteiger partial charge is 0.148 e. The van der Waals surface area contributed by atoms with Gasteiger partial charge >= 0.3 is 0 Å². The fraction of sp³-hybridized carbons (Fsp3) is 0.200. The summed E-state index contributed by atoms with van der Waals surface area (Å²) in [6.07, 6.45) is 1.92. The van der Waals surface area contributed by atoms with E-state index < -0.39 is 0 Å². The Morgan fingerprint density at radius 1 is 1.23 bits per heavy atom. The first-order valence-corrected chi connectivity index (χ1v) is 6.34. The van der Waals surface area contributed by atoms with Gasteiger partial charge in [-0.25, -0.2) is 0 Å². The van der Waals surface area contributed by atoms with Crippen LogP contribution in [0.25, 0.3) is 10.9 Å². The maximum atomic E-state index is 5.70. The summed E-state index contributed by atoms with van der Waals surface area (Å²) in [4.78, 5) is 3.18. The molecular weight excluding hydrogens is 181 g/mol. The van der Waals surface area contributed by atoms with Crippen LogP contribution in [0.1, 0.15) is 0 Å². The van der Waals surface area contributed by atoms with Crippen LogP contribution in [0, 0.1) is 0 Å². The maximum Gasteiger partial charge on any atom is 0.148 e. The minimum Gasteiger partial charge on any atom is -0.472 e. The fourth-order valence-electron chi connectivity index (χ4n) is 1.32. The van der Waals surface area contributed by atoms with Crippen molar-refractivity contribution in [2.24, 2.45) is 0 Å². The first-order chi connectivity index (χ1) is 6.27. The third kappa shape index (κ3) is 1.68. The standard InChI is InChI=1S/C10H12NOP/c1-13(2)12-10-7-11-9-6-4-3-5-8(9)10/h3-7,11H,1-2H3. The van der Waals surface area contributed by atoms with Gasteiger partial charge < -0.3 is 9.51 Å². The van der Waals surface area contributed by atoms with Crippen LogP contribution in [-0.4, -0.2) is 18.3 Å². The summed E-state index contributed by atoms with van der Waals surface area (Å²) >= 11 is 0. The van der Waals surface area contributed by atoms with Crippen LogP contribution >= 0.6 is 8.15 Å². The zero-order valence-corrected chi connectivity index (χ0v) is 8.64. The molecule has 13 heavy (non-hydrogen) atoms. The van der Waals surface area contributed by atoms with E-state index in [0.29, 0.717) is 0 Å². The number of aromatic amines is 1. The maximum absolute atomic E-state index is 5.70. The minimum atomic E-state index is -0.344. The van der Waals surface area contributed by atoms with E-state index in [4.69, 9.17) is 4.52 Å². The third-order valence-electron chi connectivity index (χ3n) is 1.83. The van der Waals surface area contributed by atoms with Crippen molar-refractivity contribution in [3.8, 4) is 5.75 Å². The molecule has 1 aromatic carbocycles. The molecule has 0 fully saturated rings. The number of H-pyrrole nitrogens is 1. The van der Waals surface area contributed by atoms with Crippen molar-refractivity contribution < 1.29 is 4.52 Å². The van der Waals surface area contributed by atoms with E-state index in [2.05, 4.69) is 30.4 Å². The summed E-state index contributed by atoms with van der Waals surface area (Å²) < 4.78 is 5.70. The molecule has 0 aliphatic heterocycles. The second-order valence-electron chi connectivity index (χ2n) is 3.10. The zero-order valence-electron chi connectivity index (χ0n) is 7.74. The van der Waals surface area contributed by atoms with Gasteiger partial charge in [0.05, 0.1) is 8.15 Å². The van der Waals surface area contributed by atoms with E-state index in [0.717, 1.165) is 11.3 Å². The van der Waals surface area contributed by atoms with E-state index in [9.17, 15) is 0 Å². The molecule has 3 heteroatoms. The number of aromatic nitrogens is 1. The van der Waals surface area contributed by atoms with Crippen LogP contribution in [0.4, 0.5) is 0 Å². The van der Waals surface area contributed by atoms with Gasteiger partial charge in [-0.05, 0) is 25.5 Å². The van der Waals surface area contributed by atoms with Crippen LogP contribution in [0.5, 0.6) is 5.75 Å². The van der Waals surface area contributed by atoms with Crippen molar-refractivity contribution in [3.05, 3.63) is 30.5 Å². The van der Waals surface area contributed by atoms with Crippen molar-refractivity contribution in [2.45, 2.75) is 0 Å². The van der Waals surface area contributed by atoms with Crippen LogP contribution in [0.3, 0.4) is 0 Å². The lowest BCUT2D eigenvalue weighted by molar-refractivity contribution is 0.630. The van der Waals surface area contributed by atoms with Gasteiger partial charge in [0.15, 0.2) is 0 Å². The molecule has 1 aromatic heterocycles. The molecule has 1 heterocycles. The Bertz CT molecular complexity index is 408. The van der Waals surface area contributed by atoms with Crippen molar-refractivity contribution in [3.63, 3.8) is 0 Å². The van der Waals surface area contributed by atoms with E-state index in [1.807, 2.05) is 18.3 Å². The lowest BCUT2D eigenvalue weighted by atomic mass is 10.2. The third-order valence-corrected chi connectivity index (χ3v) is 2.39. The molecule has 0 radical (unpaired) electrons. The summed E-state index contributed by atoms with van der Waals surface area (Å²) in [5, 5.41) is 1.17. The van der Waals surface area contributed by atoms with Crippen LogP contribution in [0.15, 0.2) is 30.5 Å². The minimum absolute atomic E-state index is 0.344. The second kappa shape index (κ2) is 3.39. The number of para-hydroxylation sites is 1. The quantitative estimate of drug-likeness (QED) is 0.728. The molecule has 2 nitrogen and oxygen atoms in total. The van der Waals surface area contributed by atoms with Gasteiger partial charge in [-0.3, -0.25) is 0 Å². The Morgan fingerprint density at radius 3 is 2.77 bits per heavy atom. The molecule has 0 saturated heterocycles. The molecule has 2 aromatic rings. The Balaban J connectivity index is 2.46. The van der Waals surface area contributed by atoms with Crippen molar-refractivity contribution in [1.82, 2.24) is 4.98 Å². The van der Waals surface area contributed by atoms with E-state index in [1.54, 1.807) is 0 Å². The zero-order chi connectivity index (χ0) is 9.26. The summed E-state index contributed by atoms with van der Waals surface area (Å²) in [5.74, 6) is 0.965. The highest BCUT2D eigenvalue weighted by molar-refractivity contribution is 7.51. The Labute approximate surface area is 78.8 Å². The molecule has 0 atom stereocenters. The molecule has 2 rings (SSSR count). The topological polar surface area (TPSA) is 25.0 Å². The van der Waals surface area contributed by atoms with Crippen LogP contribution in [0.2, 0.25) is 0 Å². The van der Waals surface area contributed by atoms with Crippen LogP contribution in [-0.2, 0) is 0 Å². The number of nitrogens with one attached hydrogen (secondary N) is 1. The first-order valence-electron chi connectivity index (χ1n) is 4.19. The van der Waals surface area contributed by atoms with Gasteiger partial charge in [-0.1, -0.05) is 12.1 Å². The molecule has 0 unspecified atom stereocenters. The largest absolute Gasteiger partial charge is 0.472 e. The van der Waals surface area contributed by atoms with E-state index in [-0.39, 0.29) is 8.15 Å². The SMILES string of the molecule is CP(C)Oc1c[nH]c2ccccc12. The predicted molar refractivity (Wildman–Crippen MR) is 57.7 cm³/mol. The Kier molecular flexibility index (Phi) is 2.24. The van der Waals surface area contributed by atoms with Gasteiger partial charge in [0.2, 0.25) is 0 Å². The Morgan fingerprint density at radius 2 is 2.00 bits per heavy atom. The van der Waals surface area contributed by atoms with E-state index >= 15 is 0 Å². The molecule has 0 aliphatic carbocycles. The number of rotatable bonds is 2. The summed E-state index contributed by atoms with van der Waals surface area (Å²) in [7, 11) is -0.344. The lowest BCUT2D eigenvalue weighted by Gasteiger charge is -2.06. The average molecular weight is 193 g/mol. The van der Waals surface area contributed by atoms with Gasteiger partial charge in [0.25, 0.3) is 0 Å². The molecule has 68 valence electrons.